The normalized spacial score (nSPS) is 24.5. The summed E-state index contributed by atoms with van der Waals surface area (Å²) < 4.78 is 2.12. The Labute approximate surface area is 129 Å². The van der Waals surface area contributed by atoms with E-state index in [4.69, 9.17) is 10.2 Å². The smallest absolute Gasteiger partial charge is 0.304 e. The number of aliphatic carboxylic acids is 1. The number of rotatable bonds is 5. The van der Waals surface area contributed by atoms with E-state index in [0.29, 0.717) is 6.04 Å². The van der Waals surface area contributed by atoms with Crippen LogP contribution in [0.25, 0.3) is 0 Å². The van der Waals surface area contributed by atoms with E-state index in [-0.39, 0.29) is 12.5 Å². The lowest BCUT2D eigenvalue weighted by Crippen LogP contribution is -2.43. The molecule has 0 spiro atoms. The Bertz CT molecular complexity index is 485. The van der Waals surface area contributed by atoms with Gasteiger partial charge in [0, 0.05) is 36.8 Å². The first-order valence-corrected chi connectivity index (χ1v) is 8.95. The molecule has 0 radical (unpaired) electrons. The van der Waals surface area contributed by atoms with E-state index in [9.17, 15) is 4.79 Å². The minimum absolute atomic E-state index is 0.137. The minimum atomic E-state index is -0.705. The third-order valence-electron chi connectivity index (χ3n) is 4.49. The summed E-state index contributed by atoms with van der Waals surface area (Å²) in [4.78, 5) is 13.3. The van der Waals surface area contributed by atoms with Gasteiger partial charge in [-0.15, -0.1) is 0 Å². The lowest BCUT2D eigenvalue weighted by Gasteiger charge is -2.33. The first-order valence-electron chi connectivity index (χ1n) is 7.80. The van der Waals surface area contributed by atoms with Crippen LogP contribution in [0.2, 0.25) is 0 Å². The second kappa shape index (κ2) is 6.83. The van der Waals surface area contributed by atoms with Gasteiger partial charge < -0.3 is 5.11 Å². The van der Waals surface area contributed by atoms with Crippen LogP contribution in [0.4, 0.5) is 0 Å². The Morgan fingerprint density at radius 1 is 1.43 bits per heavy atom. The van der Waals surface area contributed by atoms with Crippen molar-refractivity contribution in [3.63, 3.8) is 0 Å². The average molecular weight is 309 g/mol. The van der Waals surface area contributed by atoms with Crippen molar-refractivity contribution >= 4 is 17.7 Å². The fourth-order valence-corrected chi connectivity index (χ4v) is 4.46. The maximum atomic E-state index is 11.0. The van der Waals surface area contributed by atoms with E-state index in [1.54, 1.807) is 0 Å². The zero-order valence-corrected chi connectivity index (χ0v) is 13.1. The highest BCUT2D eigenvalue weighted by Crippen LogP contribution is 2.29. The molecule has 1 atom stereocenters. The van der Waals surface area contributed by atoms with Crippen LogP contribution in [-0.2, 0) is 11.3 Å². The molecule has 1 saturated carbocycles. The Balaban J connectivity index is 1.62. The predicted octanol–water partition coefficient (Wildman–Crippen LogP) is 2.39. The summed E-state index contributed by atoms with van der Waals surface area (Å²) in [7, 11) is 0. The van der Waals surface area contributed by atoms with Gasteiger partial charge in [-0.3, -0.25) is 14.4 Å². The van der Waals surface area contributed by atoms with Gasteiger partial charge in [-0.05, 0) is 18.9 Å². The summed E-state index contributed by atoms with van der Waals surface area (Å²) in [5.41, 5.74) is 1.07. The summed E-state index contributed by atoms with van der Waals surface area (Å²) in [5.74, 6) is 1.29. The minimum Gasteiger partial charge on any atom is -0.481 e. The van der Waals surface area contributed by atoms with Crippen LogP contribution in [0.15, 0.2) is 12.3 Å². The largest absolute Gasteiger partial charge is 0.481 e. The number of thioether (sulfide) groups is 1. The molecular formula is C15H23N3O2S. The van der Waals surface area contributed by atoms with E-state index in [1.165, 1.54) is 25.7 Å². The van der Waals surface area contributed by atoms with Crippen molar-refractivity contribution in [3.8, 4) is 0 Å². The van der Waals surface area contributed by atoms with Gasteiger partial charge in [-0.1, -0.05) is 12.8 Å². The van der Waals surface area contributed by atoms with E-state index in [1.807, 2.05) is 11.8 Å². The van der Waals surface area contributed by atoms with Crippen molar-refractivity contribution < 1.29 is 9.90 Å². The fourth-order valence-electron chi connectivity index (χ4n) is 3.33. The van der Waals surface area contributed by atoms with Gasteiger partial charge in [0.25, 0.3) is 0 Å². The van der Waals surface area contributed by atoms with E-state index in [2.05, 4.69) is 21.8 Å². The Hall–Kier alpha value is -1.01. The third-order valence-corrected chi connectivity index (χ3v) is 5.58. The van der Waals surface area contributed by atoms with Crippen molar-refractivity contribution in [1.29, 1.82) is 0 Å². The lowest BCUT2D eigenvalue weighted by molar-refractivity contribution is -0.138. The predicted molar refractivity (Wildman–Crippen MR) is 83.5 cm³/mol. The van der Waals surface area contributed by atoms with Crippen molar-refractivity contribution in [2.75, 3.05) is 18.1 Å². The quantitative estimate of drug-likeness (QED) is 0.905. The average Bonchev–Trinajstić information content (AvgIpc) is 3.11. The molecule has 0 bridgehead atoms. The van der Waals surface area contributed by atoms with E-state index >= 15 is 0 Å². The zero-order chi connectivity index (χ0) is 14.7. The van der Waals surface area contributed by atoms with Crippen LogP contribution in [0.3, 0.4) is 0 Å². The van der Waals surface area contributed by atoms with Gasteiger partial charge in [0.1, 0.15) is 0 Å². The molecule has 3 rings (SSSR count). The van der Waals surface area contributed by atoms with E-state index < -0.39 is 5.97 Å². The van der Waals surface area contributed by atoms with Crippen molar-refractivity contribution in [2.24, 2.45) is 0 Å². The molecule has 0 aromatic carbocycles. The van der Waals surface area contributed by atoms with Crippen LogP contribution in [0, 0.1) is 0 Å². The molecule has 21 heavy (non-hydrogen) atoms. The van der Waals surface area contributed by atoms with Crippen molar-refractivity contribution in [1.82, 2.24) is 14.7 Å². The molecule has 1 aliphatic heterocycles. The Morgan fingerprint density at radius 3 is 3.00 bits per heavy atom. The van der Waals surface area contributed by atoms with Crippen LogP contribution in [-0.4, -0.2) is 49.8 Å². The summed E-state index contributed by atoms with van der Waals surface area (Å²) in [6.07, 6.45) is 7.42. The van der Waals surface area contributed by atoms with Gasteiger partial charge in [0.05, 0.1) is 18.2 Å². The number of aromatic nitrogens is 2. The number of hydrogen-bond acceptors (Lipinski definition) is 4. The molecule has 5 nitrogen and oxygen atoms in total. The van der Waals surface area contributed by atoms with Crippen molar-refractivity contribution in [2.45, 2.75) is 50.7 Å². The van der Waals surface area contributed by atoms with Gasteiger partial charge in [-0.25, -0.2) is 0 Å². The zero-order valence-electron chi connectivity index (χ0n) is 12.3. The lowest BCUT2D eigenvalue weighted by atomic mass is 10.2. The highest BCUT2D eigenvalue weighted by atomic mass is 32.2. The van der Waals surface area contributed by atoms with Crippen molar-refractivity contribution in [3.05, 3.63) is 18.0 Å². The number of hydrogen-bond donors (Lipinski definition) is 1. The molecule has 1 aliphatic carbocycles. The molecule has 116 valence electrons. The number of carboxylic acids is 1. The highest BCUT2D eigenvalue weighted by Gasteiger charge is 2.26. The summed E-state index contributed by atoms with van der Waals surface area (Å²) in [6, 6.07) is 2.81. The second-order valence-electron chi connectivity index (χ2n) is 6.02. The molecule has 2 fully saturated rings. The Kier molecular flexibility index (Phi) is 4.85. The SMILES string of the molecule is O=C(O)CC1CSCCN1Cc1ccn(C2CCCC2)n1. The van der Waals surface area contributed by atoms with Gasteiger partial charge in [-0.2, -0.15) is 16.9 Å². The maximum absolute atomic E-state index is 11.0. The summed E-state index contributed by atoms with van der Waals surface area (Å²) in [6.45, 7) is 1.73. The molecule has 6 heteroatoms. The molecule has 1 saturated heterocycles. The second-order valence-corrected chi connectivity index (χ2v) is 7.17. The number of carboxylic acid groups (broad SMARTS) is 1. The summed E-state index contributed by atoms with van der Waals surface area (Å²) in [5, 5.41) is 13.8. The first kappa shape index (κ1) is 14.9. The molecule has 0 amide bonds. The molecular weight excluding hydrogens is 286 g/mol. The monoisotopic (exact) mass is 309 g/mol. The third kappa shape index (κ3) is 3.80. The van der Waals surface area contributed by atoms with Gasteiger partial charge in [0.15, 0.2) is 0 Å². The van der Waals surface area contributed by atoms with Gasteiger partial charge in [0.2, 0.25) is 0 Å². The molecule has 1 N–H and O–H groups in total. The summed E-state index contributed by atoms with van der Waals surface area (Å²) >= 11 is 1.85. The molecule has 2 heterocycles. The standard InChI is InChI=1S/C15H23N3O2S/c19-15(20)9-14-11-21-8-7-17(14)10-12-5-6-18(16-12)13-3-1-2-4-13/h5-6,13-14H,1-4,7-11H2,(H,19,20). The molecule has 2 aliphatic rings. The fraction of sp³-hybridized carbons (Fsp3) is 0.733. The van der Waals surface area contributed by atoms with Crippen LogP contribution in [0.5, 0.6) is 0 Å². The molecule has 1 aromatic rings. The first-order chi connectivity index (χ1) is 10.2. The Morgan fingerprint density at radius 2 is 2.24 bits per heavy atom. The van der Waals surface area contributed by atoms with Crippen LogP contribution < -0.4 is 0 Å². The van der Waals surface area contributed by atoms with Gasteiger partial charge >= 0.3 is 5.97 Å². The van der Waals surface area contributed by atoms with E-state index in [0.717, 1.165) is 30.3 Å². The highest BCUT2D eigenvalue weighted by molar-refractivity contribution is 7.99. The molecule has 1 aromatic heterocycles. The van der Waals surface area contributed by atoms with Crippen LogP contribution >= 0.6 is 11.8 Å². The molecule has 1 unspecified atom stereocenters. The number of carbonyl (C=O) groups is 1. The van der Waals surface area contributed by atoms with Crippen LogP contribution in [0.1, 0.15) is 43.8 Å². The maximum Gasteiger partial charge on any atom is 0.304 e. The topological polar surface area (TPSA) is 58.4 Å². The number of nitrogens with zero attached hydrogens (tertiary/aromatic N) is 3.